The quantitative estimate of drug-likeness (QED) is 0.520. The van der Waals surface area contributed by atoms with Crippen LogP contribution in [-0.4, -0.2) is 38.1 Å². The first-order valence-corrected chi connectivity index (χ1v) is 10.8. The van der Waals surface area contributed by atoms with Crippen molar-refractivity contribution in [1.82, 2.24) is 4.98 Å². The zero-order valence-corrected chi connectivity index (χ0v) is 19.6. The van der Waals surface area contributed by atoms with Gasteiger partial charge in [0.2, 0.25) is 5.91 Å². The number of ether oxygens (including phenoxy) is 1. The highest BCUT2D eigenvalue weighted by Crippen LogP contribution is 2.34. The first-order valence-electron chi connectivity index (χ1n) is 9.62. The Balaban J connectivity index is 1.93. The molecule has 6 nitrogen and oxygen atoms in total. The molecule has 0 saturated carbocycles. The van der Waals surface area contributed by atoms with Crippen LogP contribution < -0.4 is 10.2 Å². The van der Waals surface area contributed by atoms with Crippen LogP contribution in [0.1, 0.15) is 25.9 Å². The molecule has 8 heteroatoms. The van der Waals surface area contributed by atoms with Crippen molar-refractivity contribution in [1.29, 1.82) is 0 Å². The molecule has 0 radical (unpaired) electrons. The minimum Gasteiger partial charge on any atom is -0.465 e. The van der Waals surface area contributed by atoms with E-state index < -0.39 is 5.97 Å². The fraction of sp³-hybridized carbons (Fsp3) is 0.261. The second-order valence-corrected chi connectivity index (χ2v) is 8.97. The van der Waals surface area contributed by atoms with E-state index in [-0.39, 0.29) is 17.9 Å². The molecule has 0 unspecified atom stereocenters. The lowest BCUT2D eigenvalue weighted by Gasteiger charge is -2.15. The smallest absolute Gasteiger partial charge is 0.339 e. The van der Waals surface area contributed by atoms with Crippen LogP contribution >= 0.6 is 22.9 Å². The summed E-state index contributed by atoms with van der Waals surface area (Å²) in [5.74, 6) is -0.806. The number of thiazole rings is 1. The number of nitrogens with zero attached hydrogens (tertiary/aromatic N) is 2. The predicted octanol–water partition coefficient (Wildman–Crippen LogP) is 5.11. The zero-order chi connectivity index (χ0) is 22.7. The number of hydrogen-bond acceptors (Lipinski definition) is 6. The Morgan fingerprint density at radius 2 is 1.84 bits per heavy atom. The third-order valence-electron chi connectivity index (χ3n) is 4.80. The number of nitrogens with one attached hydrogen (secondary N) is 1. The Bertz CT molecular complexity index is 1120. The number of hydrogen-bond donors (Lipinski definition) is 1. The van der Waals surface area contributed by atoms with Crippen molar-refractivity contribution >= 4 is 46.2 Å². The number of carbonyl (C=O) groups is 2. The van der Waals surface area contributed by atoms with E-state index in [2.05, 4.69) is 10.3 Å². The monoisotopic (exact) mass is 457 g/mol. The standard InChI is InChI=1S/C23H24ClN3O3S/c1-13-21(31-14(2)25-13)12-22(28)26-20-11-19(24)17(10-18(20)23(29)30-5)15-6-8-16(9-7-15)27(3)4/h6-11H,12H2,1-5H3,(H,26,28). The average molecular weight is 458 g/mol. The molecule has 0 atom stereocenters. The molecule has 1 heterocycles. The highest BCUT2D eigenvalue weighted by molar-refractivity contribution is 7.11. The lowest BCUT2D eigenvalue weighted by Crippen LogP contribution is -2.17. The summed E-state index contributed by atoms with van der Waals surface area (Å²) in [5, 5.41) is 4.13. The number of methoxy groups -OCH3 is 1. The maximum Gasteiger partial charge on any atom is 0.339 e. The summed E-state index contributed by atoms with van der Waals surface area (Å²) in [6.45, 7) is 3.78. The number of esters is 1. The molecule has 0 aliphatic heterocycles. The highest BCUT2D eigenvalue weighted by Gasteiger charge is 2.19. The van der Waals surface area contributed by atoms with E-state index in [1.54, 1.807) is 12.1 Å². The average Bonchev–Trinajstić information content (AvgIpc) is 3.04. The second-order valence-electron chi connectivity index (χ2n) is 7.28. The van der Waals surface area contributed by atoms with E-state index in [9.17, 15) is 9.59 Å². The number of aryl methyl sites for hydroxylation is 2. The van der Waals surface area contributed by atoms with Gasteiger partial charge in [-0.3, -0.25) is 4.79 Å². The Morgan fingerprint density at radius 3 is 2.39 bits per heavy atom. The molecule has 0 aliphatic rings. The maximum atomic E-state index is 12.6. The molecular formula is C23H24ClN3O3S. The minimum absolute atomic E-state index is 0.170. The van der Waals surface area contributed by atoms with E-state index in [4.69, 9.17) is 16.3 Å². The fourth-order valence-electron chi connectivity index (χ4n) is 3.19. The second kappa shape index (κ2) is 9.49. The first kappa shape index (κ1) is 22.8. The molecule has 3 aromatic rings. The fourth-order valence-corrected chi connectivity index (χ4v) is 4.40. The summed E-state index contributed by atoms with van der Waals surface area (Å²) in [6.07, 6.45) is 0.170. The summed E-state index contributed by atoms with van der Waals surface area (Å²) < 4.78 is 4.93. The van der Waals surface area contributed by atoms with E-state index in [0.717, 1.165) is 26.8 Å². The molecule has 0 saturated heterocycles. The van der Waals surface area contributed by atoms with Crippen LogP contribution in [0.3, 0.4) is 0 Å². The van der Waals surface area contributed by atoms with Gasteiger partial charge in [0, 0.05) is 30.2 Å². The maximum absolute atomic E-state index is 12.6. The molecule has 1 amide bonds. The van der Waals surface area contributed by atoms with Crippen molar-refractivity contribution < 1.29 is 14.3 Å². The van der Waals surface area contributed by atoms with Crippen molar-refractivity contribution in [3.8, 4) is 11.1 Å². The molecule has 162 valence electrons. The van der Waals surface area contributed by atoms with Gasteiger partial charge in [-0.1, -0.05) is 23.7 Å². The van der Waals surface area contributed by atoms with Crippen LogP contribution in [0.4, 0.5) is 11.4 Å². The van der Waals surface area contributed by atoms with Crippen LogP contribution in [0.25, 0.3) is 11.1 Å². The summed E-state index contributed by atoms with van der Waals surface area (Å²) in [4.78, 5) is 32.3. The Morgan fingerprint density at radius 1 is 1.16 bits per heavy atom. The SMILES string of the molecule is COC(=O)c1cc(-c2ccc(N(C)C)cc2)c(Cl)cc1NC(=O)Cc1sc(C)nc1C. The van der Waals surface area contributed by atoms with Gasteiger partial charge < -0.3 is 15.0 Å². The Hall–Kier alpha value is -2.90. The predicted molar refractivity (Wildman–Crippen MR) is 126 cm³/mol. The number of benzene rings is 2. The van der Waals surface area contributed by atoms with Gasteiger partial charge in [-0.25, -0.2) is 9.78 Å². The van der Waals surface area contributed by atoms with Crippen LogP contribution in [0.2, 0.25) is 5.02 Å². The van der Waals surface area contributed by atoms with Crippen LogP contribution in [0.15, 0.2) is 36.4 Å². The molecule has 0 spiro atoms. The van der Waals surface area contributed by atoms with Crippen molar-refractivity contribution in [3.05, 3.63) is 62.6 Å². The normalized spacial score (nSPS) is 10.6. The number of halogens is 1. The molecule has 0 aliphatic carbocycles. The largest absolute Gasteiger partial charge is 0.465 e. The molecule has 1 aromatic heterocycles. The number of rotatable bonds is 6. The van der Waals surface area contributed by atoms with Crippen molar-refractivity contribution in [2.45, 2.75) is 20.3 Å². The van der Waals surface area contributed by atoms with Gasteiger partial charge in [-0.2, -0.15) is 0 Å². The summed E-state index contributed by atoms with van der Waals surface area (Å²) >= 11 is 8.02. The van der Waals surface area contributed by atoms with E-state index in [1.165, 1.54) is 18.4 Å². The first-order chi connectivity index (χ1) is 14.7. The number of aromatic nitrogens is 1. The molecule has 3 rings (SSSR count). The molecular weight excluding hydrogens is 434 g/mol. The van der Waals surface area contributed by atoms with Gasteiger partial charge in [0.15, 0.2) is 0 Å². The lowest BCUT2D eigenvalue weighted by molar-refractivity contribution is -0.115. The third kappa shape index (κ3) is 5.24. The van der Waals surface area contributed by atoms with E-state index in [0.29, 0.717) is 16.3 Å². The van der Waals surface area contributed by atoms with Crippen molar-refractivity contribution in [2.75, 3.05) is 31.4 Å². The van der Waals surface area contributed by atoms with E-state index >= 15 is 0 Å². The molecule has 31 heavy (non-hydrogen) atoms. The van der Waals surface area contributed by atoms with Gasteiger partial charge >= 0.3 is 5.97 Å². The highest BCUT2D eigenvalue weighted by atomic mass is 35.5. The number of anilines is 2. The Labute approximate surface area is 190 Å². The molecule has 0 bridgehead atoms. The van der Waals surface area contributed by atoms with E-state index in [1.807, 2.05) is 57.1 Å². The summed E-state index contributed by atoms with van der Waals surface area (Å²) in [6, 6.07) is 11.1. The number of carbonyl (C=O) groups excluding carboxylic acids is 2. The third-order valence-corrected chi connectivity index (χ3v) is 6.19. The minimum atomic E-state index is -0.553. The Kier molecular flexibility index (Phi) is 6.97. The van der Waals surface area contributed by atoms with Gasteiger partial charge in [0.05, 0.1) is 40.5 Å². The summed E-state index contributed by atoms with van der Waals surface area (Å²) in [7, 11) is 5.23. The van der Waals surface area contributed by atoms with Crippen LogP contribution in [0, 0.1) is 13.8 Å². The van der Waals surface area contributed by atoms with Crippen LogP contribution in [0.5, 0.6) is 0 Å². The van der Waals surface area contributed by atoms with Gasteiger partial charge in [0.1, 0.15) is 0 Å². The zero-order valence-electron chi connectivity index (χ0n) is 18.1. The van der Waals surface area contributed by atoms with Crippen molar-refractivity contribution in [3.63, 3.8) is 0 Å². The number of amides is 1. The van der Waals surface area contributed by atoms with Crippen molar-refractivity contribution in [2.24, 2.45) is 0 Å². The van der Waals surface area contributed by atoms with Crippen LogP contribution in [-0.2, 0) is 16.0 Å². The molecule has 2 aromatic carbocycles. The lowest BCUT2D eigenvalue weighted by atomic mass is 10.0. The molecule has 0 fully saturated rings. The summed E-state index contributed by atoms with van der Waals surface area (Å²) in [5.41, 5.74) is 3.97. The van der Waals surface area contributed by atoms with Gasteiger partial charge in [-0.05, 0) is 43.7 Å². The van der Waals surface area contributed by atoms with Gasteiger partial charge in [0.25, 0.3) is 0 Å². The topological polar surface area (TPSA) is 71.5 Å². The molecule has 1 N–H and O–H groups in total. The van der Waals surface area contributed by atoms with Gasteiger partial charge in [-0.15, -0.1) is 11.3 Å².